The lowest BCUT2D eigenvalue weighted by atomic mass is 10.1. The molecule has 0 aromatic heterocycles. The van der Waals surface area contributed by atoms with Gasteiger partial charge in [-0.25, -0.2) is 8.42 Å². The van der Waals surface area contributed by atoms with Gasteiger partial charge in [-0.2, -0.15) is 0 Å². The number of amides is 1. The number of carbonyl (C=O) groups is 1. The number of anilines is 1. The second-order valence-corrected chi connectivity index (χ2v) is 8.55. The lowest BCUT2D eigenvalue weighted by molar-refractivity contribution is -0.385. The molecular formula is C19H23N3O5S. The molecule has 2 aromatic carbocycles. The third-order valence-electron chi connectivity index (χ3n) is 4.38. The number of nitro benzene ring substituents is 1. The summed E-state index contributed by atoms with van der Waals surface area (Å²) < 4.78 is 25.4. The zero-order chi connectivity index (χ0) is 21.1. The Morgan fingerprint density at radius 1 is 1.18 bits per heavy atom. The van der Waals surface area contributed by atoms with E-state index in [-0.39, 0.29) is 23.0 Å². The maximum Gasteiger partial charge on any atom is 0.274 e. The summed E-state index contributed by atoms with van der Waals surface area (Å²) in [7, 11) is -3.83. The number of hydrogen-bond donors (Lipinski definition) is 1. The quantitative estimate of drug-likeness (QED) is 0.563. The molecule has 0 radical (unpaired) electrons. The molecule has 1 amide bonds. The fourth-order valence-corrected chi connectivity index (χ4v) is 3.72. The average molecular weight is 405 g/mol. The summed E-state index contributed by atoms with van der Waals surface area (Å²) in [5.74, 6) is -0.510. The van der Waals surface area contributed by atoms with Crippen LogP contribution in [0.1, 0.15) is 29.7 Å². The van der Waals surface area contributed by atoms with E-state index in [1.807, 2.05) is 31.2 Å². The van der Waals surface area contributed by atoms with Crippen molar-refractivity contribution in [2.45, 2.75) is 26.8 Å². The Morgan fingerprint density at radius 3 is 2.32 bits per heavy atom. The van der Waals surface area contributed by atoms with Gasteiger partial charge in [-0.05, 0) is 32.4 Å². The highest BCUT2D eigenvalue weighted by Gasteiger charge is 2.26. The molecule has 1 unspecified atom stereocenters. The minimum atomic E-state index is -3.83. The molecule has 1 N–H and O–H groups in total. The van der Waals surface area contributed by atoms with Gasteiger partial charge in [-0.1, -0.05) is 35.9 Å². The smallest absolute Gasteiger partial charge is 0.274 e. The summed E-state index contributed by atoms with van der Waals surface area (Å²) in [5.41, 5.74) is 2.05. The maximum absolute atomic E-state index is 12.5. The summed E-state index contributed by atoms with van der Waals surface area (Å²) >= 11 is 0. The van der Waals surface area contributed by atoms with E-state index in [0.29, 0.717) is 0 Å². The van der Waals surface area contributed by atoms with Crippen molar-refractivity contribution >= 4 is 27.3 Å². The van der Waals surface area contributed by atoms with Crippen molar-refractivity contribution in [3.63, 3.8) is 0 Å². The third kappa shape index (κ3) is 5.07. The van der Waals surface area contributed by atoms with Crippen LogP contribution >= 0.6 is 0 Å². The summed E-state index contributed by atoms with van der Waals surface area (Å²) in [6, 6.07) is 11.4. The summed E-state index contributed by atoms with van der Waals surface area (Å²) in [6.07, 6.45) is 0.960. The molecule has 0 saturated carbocycles. The van der Waals surface area contributed by atoms with Gasteiger partial charge in [-0.3, -0.25) is 19.2 Å². The molecule has 0 bridgehead atoms. The predicted octanol–water partition coefficient (Wildman–Crippen LogP) is 2.86. The molecule has 0 fully saturated rings. The van der Waals surface area contributed by atoms with Gasteiger partial charge < -0.3 is 5.32 Å². The zero-order valence-corrected chi connectivity index (χ0v) is 17.0. The number of aryl methyl sites for hydroxylation is 1. The Balaban J connectivity index is 2.26. The number of nitrogens with one attached hydrogen (secondary N) is 1. The first-order valence-electron chi connectivity index (χ1n) is 8.58. The molecule has 8 nitrogen and oxygen atoms in total. The molecule has 28 heavy (non-hydrogen) atoms. The molecule has 150 valence electrons. The lowest BCUT2D eigenvalue weighted by Gasteiger charge is -2.24. The second kappa shape index (κ2) is 8.39. The van der Waals surface area contributed by atoms with Gasteiger partial charge in [0.05, 0.1) is 28.5 Å². The van der Waals surface area contributed by atoms with Gasteiger partial charge in [0.25, 0.3) is 5.69 Å². The minimum absolute atomic E-state index is 0.106. The average Bonchev–Trinajstić information content (AvgIpc) is 2.59. The molecule has 0 heterocycles. The topological polar surface area (TPSA) is 110 Å². The lowest BCUT2D eigenvalue weighted by Crippen LogP contribution is -2.41. The monoisotopic (exact) mass is 405 g/mol. The van der Waals surface area contributed by atoms with Crippen LogP contribution in [-0.2, 0) is 14.8 Å². The molecule has 2 aromatic rings. The van der Waals surface area contributed by atoms with Crippen molar-refractivity contribution in [2.75, 3.05) is 17.1 Å². The Morgan fingerprint density at radius 2 is 1.79 bits per heavy atom. The number of nitro groups is 1. The third-order valence-corrected chi connectivity index (χ3v) is 5.51. The van der Waals surface area contributed by atoms with E-state index in [4.69, 9.17) is 0 Å². The van der Waals surface area contributed by atoms with Crippen molar-refractivity contribution in [3.05, 3.63) is 69.3 Å². The van der Waals surface area contributed by atoms with Gasteiger partial charge >= 0.3 is 0 Å². The number of nitrogens with zero attached hydrogens (tertiary/aromatic N) is 2. The first-order valence-corrected chi connectivity index (χ1v) is 10.4. The molecule has 9 heteroatoms. The highest BCUT2D eigenvalue weighted by atomic mass is 32.2. The van der Waals surface area contributed by atoms with Crippen LogP contribution in [0.5, 0.6) is 0 Å². The first-order chi connectivity index (χ1) is 13.0. The van der Waals surface area contributed by atoms with Gasteiger partial charge in [0.15, 0.2) is 0 Å². The van der Waals surface area contributed by atoms with E-state index in [2.05, 4.69) is 5.32 Å². The van der Waals surface area contributed by atoms with E-state index < -0.39 is 27.4 Å². The van der Waals surface area contributed by atoms with Crippen LogP contribution in [0.2, 0.25) is 0 Å². The number of sulfonamides is 1. The Hall–Kier alpha value is -2.94. The van der Waals surface area contributed by atoms with E-state index in [1.54, 1.807) is 6.92 Å². The number of benzene rings is 2. The number of hydrogen-bond acceptors (Lipinski definition) is 5. The Labute approximate surface area is 164 Å². The summed E-state index contributed by atoms with van der Waals surface area (Å²) in [5, 5.41) is 13.9. The molecule has 1 atom stereocenters. The molecule has 0 aliphatic carbocycles. The number of rotatable bonds is 7. The normalized spacial score (nSPS) is 12.3. The van der Waals surface area contributed by atoms with Crippen LogP contribution in [-0.4, -0.2) is 32.0 Å². The van der Waals surface area contributed by atoms with Crippen molar-refractivity contribution in [1.29, 1.82) is 0 Å². The van der Waals surface area contributed by atoms with Crippen LogP contribution in [0.15, 0.2) is 42.5 Å². The van der Waals surface area contributed by atoms with Gasteiger partial charge in [-0.15, -0.1) is 0 Å². The molecule has 2 rings (SSSR count). The molecule has 0 spiro atoms. The summed E-state index contributed by atoms with van der Waals surface area (Å²) in [6.45, 7) is 4.74. The SMILES string of the molecule is Cc1ccc(C(C)NC(=O)CN(c2cccc([N+](=O)[O-])c2C)S(C)(=O)=O)cc1. The summed E-state index contributed by atoms with van der Waals surface area (Å²) in [4.78, 5) is 23.1. The molecule has 0 saturated heterocycles. The fraction of sp³-hybridized carbons (Fsp3) is 0.316. The highest BCUT2D eigenvalue weighted by Crippen LogP contribution is 2.29. The van der Waals surface area contributed by atoms with Crippen LogP contribution in [0, 0.1) is 24.0 Å². The fourth-order valence-electron chi connectivity index (χ4n) is 2.82. The van der Waals surface area contributed by atoms with Gasteiger partial charge in [0, 0.05) is 6.07 Å². The highest BCUT2D eigenvalue weighted by molar-refractivity contribution is 7.92. The molecular weight excluding hydrogens is 382 g/mol. The van der Waals surface area contributed by atoms with E-state index in [0.717, 1.165) is 21.7 Å². The first kappa shape index (κ1) is 21.4. The maximum atomic E-state index is 12.5. The van der Waals surface area contributed by atoms with Gasteiger partial charge in [0.2, 0.25) is 15.9 Å². The van der Waals surface area contributed by atoms with Crippen LogP contribution in [0.25, 0.3) is 0 Å². The van der Waals surface area contributed by atoms with E-state index >= 15 is 0 Å². The number of carbonyl (C=O) groups excluding carboxylic acids is 1. The predicted molar refractivity (Wildman–Crippen MR) is 108 cm³/mol. The second-order valence-electron chi connectivity index (χ2n) is 6.65. The Bertz CT molecular complexity index is 987. The van der Waals surface area contributed by atoms with Crippen molar-refractivity contribution in [2.24, 2.45) is 0 Å². The molecule has 0 aliphatic heterocycles. The zero-order valence-electron chi connectivity index (χ0n) is 16.2. The Kier molecular flexibility index (Phi) is 6.40. The molecule has 0 aliphatic rings. The van der Waals surface area contributed by atoms with E-state index in [1.165, 1.54) is 25.1 Å². The van der Waals surface area contributed by atoms with Crippen LogP contribution in [0.4, 0.5) is 11.4 Å². The van der Waals surface area contributed by atoms with Gasteiger partial charge in [0.1, 0.15) is 6.54 Å². The standard InChI is InChI=1S/C19H23N3O5S/c1-13-8-10-16(11-9-13)15(3)20-19(23)12-21(28(4,26)27)17-6-5-7-18(14(17)2)22(24)25/h5-11,15H,12H2,1-4H3,(H,20,23). The van der Waals surface area contributed by atoms with Crippen LogP contribution < -0.4 is 9.62 Å². The van der Waals surface area contributed by atoms with E-state index in [9.17, 15) is 23.3 Å². The van der Waals surface area contributed by atoms with Crippen molar-refractivity contribution < 1.29 is 18.1 Å². The minimum Gasteiger partial charge on any atom is -0.348 e. The van der Waals surface area contributed by atoms with Crippen molar-refractivity contribution in [3.8, 4) is 0 Å². The largest absolute Gasteiger partial charge is 0.348 e. The van der Waals surface area contributed by atoms with Crippen LogP contribution in [0.3, 0.4) is 0 Å². The van der Waals surface area contributed by atoms with Crippen molar-refractivity contribution in [1.82, 2.24) is 5.32 Å².